The lowest BCUT2D eigenvalue weighted by Crippen LogP contribution is -2.25. The summed E-state index contributed by atoms with van der Waals surface area (Å²) in [6, 6.07) is 0. The zero-order valence-corrected chi connectivity index (χ0v) is 21.8. The molecule has 0 unspecified atom stereocenters. The Morgan fingerprint density at radius 1 is 1.12 bits per heavy atom. The average molecular weight is 503 g/mol. The molecular weight excluding hydrogens is 463 g/mol. The smallest absolute Gasteiger partial charge is 0.261 e. The molecule has 0 aromatic heterocycles. The zero-order valence-electron chi connectivity index (χ0n) is 21.0. The fourth-order valence-corrected chi connectivity index (χ4v) is 1.61. The maximum atomic E-state index is 12.4. The summed E-state index contributed by atoms with van der Waals surface area (Å²) in [6.07, 6.45) is 7.18. The molecule has 34 heavy (non-hydrogen) atoms. The van der Waals surface area contributed by atoms with Crippen molar-refractivity contribution in [3.63, 3.8) is 0 Å². The molecule has 0 aliphatic carbocycles. The van der Waals surface area contributed by atoms with Gasteiger partial charge in [0.25, 0.3) is 5.91 Å². The largest absolute Gasteiger partial charge is 0.497 e. The van der Waals surface area contributed by atoms with E-state index in [-0.39, 0.29) is 12.5 Å². The van der Waals surface area contributed by atoms with Crippen LogP contribution < -0.4 is 10.6 Å². The van der Waals surface area contributed by atoms with Gasteiger partial charge in [-0.25, -0.2) is 4.39 Å². The molecule has 7 nitrogen and oxygen atoms in total. The number of allylic oxidation sites excluding steroid dienone is 5. The van der Waals surface area contributed by atoms with Crippen LogP contribution in [-0.4, -0.2) is 40.2 Å². The van der Waals surface area contributed by atoms with E-state index >= 15 is 0 Å². The number of ether oxygens (including phenoxy) is 3. The van der Waals surface area contributed by atoms with E-state index in [0.717, 1.165) is 36.3 Å². The van der Waals surface area contributed by atoms with Gasteiger partial charge >= 0.3 is 0 Å². The number of nitrogens with one attached hydrogen (secondary N) is 2. The minimum absolute atomic E-state index is 0.189. The maximum Gasteiger partial charge on any atom is 0.261 e. The molecule has 0 saturated carbocycles. The second-order valence-electron chi connectivity index (χ2n) is 5.74. The van der Waals surface area contributed by atoms with Crippen molar-refractivity contribution in [3.8, 4) is 0 Å². The molecular formula is C25H40ClFN2O5. The van der Waals surface area contributed by atoms with Crippen LogP contribution in [0.5, 0.6) is 0 Å². The molecule has 0 aromatic carbocycles. The van der Waals surface area contributed by atoms with Gasteiger partial charge < -0.3 is 24.8 Å². The van der Waals surface area contributed by atoms with Gasteiger partial charge in [-0.15, -0.1) is 13.2 Å². The van der Waals surface area contributed by atoms with E-state index in [0.29, 0.717) is 30.0 Å². The number of carbonyl (C=O) groups excluding carboxylic acids is 2. The summed E-state index contributed by atoms with van der Waals surface area (Å²) in [5.74, 6) is 0.332. The number of hydrogen-bond acceptors (Lipinski definition) is 5. The van der Waals surface area contributed by atoms with Gasteiger partial charge in [-0.05, 0) is 24.5 Å². The Morgan fingerprint density at radius 3 is 2.06 bits per heavy atom. The summed E-state index contributed by atoms with van der Waals surface area (Å²) < 4.78 is 27.1. The quantitative estimate of drug-likeness (QED) is 0.144. The standard InChI is InChI=1S/C11H18O2.C10H13ClFNO2.C2H5NO.C2H4/c1-6-7-11(10(3)13-5)8-9(2)12-4;1-3-8(2)13-10(14)7-15-5-4-9(12)6-11;1-3-2-4;1-2/h8H,2-3,6-7H2,1,4-5H3;4-6H,2-3,7H2,1H3,(H,13,14);2H,1H3,(H,3,4);1-2H2/b11-8-;5-4+,9-6-;;. The predicted molar refractivity (Wildman–Crippen MR) is 139 cm³/mol. The highest BCUT2D eigenvalue weighted by molar-refractivity contribution is 6.25. The molecule has 0 rings (SSSR count). The summed E-state index contributed by atoms with van der Waals surface area (Å²) in [6.45, 7) is 20.9. The number of rotatable bonds is 13. The Labute approximate surface area is 209 Å². The number of carbonyl (C=O) groups is 2. The predicted octanol–water partition coefficient (Wildman–Crippen LogP) is 5.80. The second kappa shape index (κ2) is 29.7. The molecule has 0 fully saturated rings. The van der Waals surface area contributed by atoms with Crippen molar-refractivity contribution in [1.82, 2.24) is 10.6 Å². The number of hydrogen-bond donors (Lipinski definition) is 2. The number of halogens is 2. The van der Waals surface area contributed by atoms with Crippen LogP contribution in [-0.2, 0) is 23.8 Å². The van der Waals surface area contributed by atoms with Crippen LogP contribution in [0.15, 0.2) is 85.5 Å². The lowest BCUT2D eigenvalue weighted by atomic mass is 10.1. The number of methoxy groups -OCH3 is 2. The fraction of sp³-hybridized carbons (Fsp3) is 0.360. The molecule has 0 bridgehead atoms. The van der Waals surface area contributed by atoms with Crippen molar-refractivity contribution < 1.29 is 28.2 Å². The lowest BCUT2D eigenvalue weighted by molar-refractivity contribution is -0.123. The van der Waals surface area contributed by atoms with Gasteiger partial charge in [0.05, 0.1) is 20.5 Å². The Bertz CT molecular complexity index is 689. The third kappa shape index (κ3) is 28.7. The van der Waals surface area contributed by atoms with Crippen molar-refractivity contribution in [3.05, 3.63) is 85.5 Å². The minimum Gasteiger partial charge on any atom is -0.497 e. The van der Waals surface area contributed by atoms with Crippen molar-refractivity contribution >= 4 is 23.9 Å². The summed E-state index contributed by atoms with van der Waals surface area (Å²) in [4.78, 5) is 20.1. The minimum atomic E-state index is -0.643. The van der Waals surface area contributed by atoms with Crippen molar-refractivity contribution in [2.75, 3.05) is 27.9 Å². The highest BCUT2D eigenvalue weighted by Gasteiger charge is 2.02. The van der Waals surface area contributed by atoms with Gasteiger partial charge in [0.1, 0.15) is 17.3 Å². The van der Waals surface area contributed by atoms with Crippen molar-refractivity contribution in [2.24, 2.45) is 0 Å². The van der Waals surface area contributed by atoms with E-state index in [2.05, 4.69) is 50.5 Å². The molecule has 0 spiro atoms. The van der Waals surface area contributed by atoms with Gasteiger partial charge in [0.2, 0.25) is 6.41 Å². The number of amides is 2. The summed E-state index contributed by atoms with van der Waals surface area (Å²) in [5.41, 5.74) is 2.41. The third-order valence-corrected chi connectivity index (χ3v) is 3.43. The molecule has 194 valence electrons. The molecule has 0 heterocycles. The first-order valence-electron chi connectivity index (χ1n) is 10.2. The molecule has 0 saturated heterocycles. The summed E-state index contributed by atoms with van der Waals surface area (Å²) in [7, 11) is 4.77. The molecule has 0 aliphatic rings. The molecule has 2 amide bonds. The van der Waals surface area contributed by atoms with Gasteiger partial charge in [-0.3, -0.25) is 9.59 Å². The van der Waals surface area contributed by atoms with Crippen molar-refractivity contribution in [1.29, 1.82) is 0 Å². The first-order chi connectivity index (χ1) is 16.2. The SMILES string of the molecule is C=C.C=C(/C=C(/CCC)C(=C)OC)OC.C=C(CC)NC(=O)CO/C=C/C(F)=C/Cl.CNC=O. The fourth-order valence-electron chi connectivity index (χ4n) is 1.54. The Kier molecular flexibility index (Phi) is 33.3. The monoisotopic (exact) mass is 502 g/mol. The first-order valence-corrected chi connectivity index (χ1v) is 10.6. The molecule has 0 aromatic rings. The topological polar surface area (TPSA) is 85.9 Å². The molecule has 0 atom stereocenters. The summed E-state index contributed by atoms with van der Waals surface area (Å²) in [5, 5.41) is 4.75. The van der Waals surface area contributed by atoms with Gasteiger partial charge in [0.15, 0.2) is 6.61 Å². The van der Waals surface area contributed by atoms with Crippen LogP contribution >= 0.6 is 11.6 Å². The van der Waals surface area contributed by atoms with Crippen LogP contribution in [0.3, 0.4) is 0 Å². The van der Waals surface area contributed by atoms with Gasteiger partial charge in [0, 0.05) is 24.4 Å². The van der Waals surface area contributed by atoms with Crippen LogP contribution in [0.1, 0.15) is 33.1 Å². The zero-order chi connectivity index (χ0) is 27.4. The Balaban J connectivity index is -0.000000216. The highest BCUT2D eigenvalue weighted by Crippen LogP contribution is 2.16. The van der Waals surface area contributed by atoms with Crippen molar-refractivity contribution in [2.45, 2.75) is 33.1 Å². The third-order valence-electron chi connectivity index (χ3n) is 3.22. The average Bonchev–Trinajstić information content (AvgIpc) is 2.86. The summed E-state index contributed by atoms with van der Waals surface area (Å²) >= 11 is 5.05. The van der Waals surface area contributed by atoms with Crippen LogP contribution in [0.25, 0.3) is 0 Å². The second-order valence-corrected chi connectivity index (χ2v) is 5.96. The van der Waals surface area contributed by atoms with Crippen LogP contribution in [0.4, 0.5) is 4.39 Å². The van der Waals surface area contributed by atoms with E-state index in [4.69, 9.17) is 30.6 Å². The first kappa shape index (κ1) is 38.0. The van der Waals surface area contributed by atoms with E-state index in [1.54, 1.807) is 21.3 Å². The van der Waals surface area contributed by atoms with E-state index < -0.39 is 5.83 Å². The van der Waals surface area contributed by atoms with E-state index in [1.807, 2.05) is 13.0 Å². The molecule has 2 N–H and O–H groups in total. The Morgan fingerprint density at radius 2 is 1.68 bits per heavy atom. The molecule has 0 aliphatic heterocycles. The lowest BCUT2D eigenvalue weighted by Gasteiger charge is -2.09. The molecule has 0 radical (unpaired) electrons. The Hall–Kier alpha value is -3.26. The van der Waals surface area contributed by atoms with Gasteiger partial charge in [-0.1, -0.05) is 51.6 Å². The van der Waals surface area contributed by atoms with E-state index in [1.165, 1.54) is 0 Å². The molecule has 9 heteroatoms. The van der Waals surface area contributed by atoms with Crippen LogP contribution in [0, 0.1) is 0 Å². The highest BCUT2D eigenvalue weighted by atomic mass is 35.5. The normalized spacial score (nSPS) is 9.97. The van der Waals surface area contributed by atoms with Crippen LogP contribution in [0.2, 0.25) is 0 Å². The van der Waals surface area contributed by atoms with E-state index in [9.17, 15) is 9.18 Å². The van der Waals surface area contributed by atoms with Gasteiger partial charge in [-0.2, -0.15) is 0 Å². The maximum absolute atomic E-state index is 12.4.